The molecule has 0 radical (unpaired) electrons. The molecular weight excluding hydrogens is 460 g/mol. The average molecular weight is 493 g/mol. The number of carbonyl (C=O) groups is 2. The Morgan fingerprint density at radius 2 is 1.51 bits per heavy atom. The Hall–Kier alpha value is -3.29. The van der Waals surface area contributed by atoms with Crippen molar-refractivity contribution in [1.82, 2.24) is 4.31 Å². The molecule has 3 rings (SSSR count). The highest BCUT2D eigenvalue weighted by atomic mass is 32.2. The summed E-state index contributed by atoms with van der Waals surface area (Å²) >= 11 is 0. The van der Waals surface area contributed by atoms with E-state index >= 15 is 0 Å². The molecule has 35 heavy (non-hydrogen) atoms. The van der Waals surface area contributed by atoms with Crippen molar-refractivity contribution >= 4 is 27.4 Å². The number of carbonyl (C=O) groups excluding carboxylic acids is 2. The molecule has 0 aliphatic heterocycles. The number of rotatable bonds is 8. The molecule has 0 bridgehead atoms. The summed E-state index contributed by atoms with van der Waals surface area (Å²) in [7, 11) is -3.61. The second-order valence-electron chi connectivity index (χ2n) is 9.80. The molecular formula is C28H32N2O4S. The third-order valence-electron chi connectivity index (χ3n) is 5.69. The van der Waals surface area contributed by atoms with Gasteiger partial charge in [-0.25, -0.2) is 8.42 Å². The lowest BCUT2D eigenvalue weighted by Crippen LogP contribution is -2.36. The van der Waals surface area contributed by atoms with Crippen molar-refractivity contribution in [2.75, 3.05) is 18.1 Å². The molecule has 0 aliphatic carbocycles. The topological polar surface area (TPSA) is 83.6 Å². The molecule has 0 atom stereocenters. The Morgan fingerprint density at radius 1 is 0.886 bits per heavy atom. The molecule has 0 saturated carbocycles. The summed E-state index contributed by atoms with van der Waals surface area (Å²) < 4.78 is 25.7. The number of sulfonamides is 1. The van der Waals surface area contributed by atoms with E-state index in [-0.39, 0.29) is 24.3 Å². The van der Waals surface area contributed by atoms with Gasteiger partial charge in [0.2, 0.25) is 15.9 Å². The fraction of sp³-hybridized carbons (Fsp3) is 0.286. The lowest BCUT2D eigenvalue weighted by atomic mass is 9.86. The van der Waals surface area contributed by atoms with E-state index in [1.165, 1.54) is 0 Å². The minimum Gasteiger partial charge on any atom is -0.325 e. The van der Waals surface area contributed by atoms with Crippen LogP contribution in [0.4, 0.5) is 5.69 Å². The largest absolute Gasteiger partial charge is 0.325 e. The normalized spacial score (nSPS) is 11.9. The molecule has 1 N–H and O–H groups in total. The Morgan fingerprint density at radius 3 is 2.09 bits per heavy atom. The molecule has 3 aromatic rings. The van der Waals surface area contributed by atoms with Crippen molar-refractivity contribution < 1.29 is 18.0 Å². The van der Waals surface area contributed by atoms with Crippen LogP contribution in [0.3, 0.4) is 0 Å². The van der Waals surface area contributed by atoms with Crippen LogP contribution >= 0.6 is 0 Å². The maximum Gasteiger partial charge on any atom is 0.239 e. The maximum absolute atomic E-state index is 13.0. The minimum absolute atomic E-state index is 0.00885. The minimum atomic E-state index is -3.61. The zero-order valence-electron chi connectivity index (χ0n) is 20.8. The first-order valence-electron chi connectivity index (χ1n) is 11.4. The van der Waals surface area contributed by atoms with Crippen LogP contribution < -0.4 is 5.32 Å². The van der Waals surface area contributed by atoms with Crippen LogP contribution in [0.1, 0.15) is 53.4 Å². The highest BCUT2D eigenvalue weighted by Crippen LogP contribution is 2.23. The van der Waals surface area contributed by atoms with Crippen molar-refractivity contribution in [3.63, 3.8) is 0 Å². The number of hydrogen-bond acceptors (Lipinski definition) is 4. The molecule has 0 fully saturated rings. The van der Waals surface area contributed by atoms with Crippen molar-refractivity contribution in [1.29, 1.82) is 0 Å². The second kappa shape index (κ2) is 10.5. The quantitative estimate of drug-likeness (QED) is 0.452. The third kappa shape index (κ3) is 7.34. The van der Waals surface area contributed by atoms with E-state index in [0.717, 1.165) is 27.3 Å². The highest BCUT2D eigenvalue weighted by molar-refractivity contribution is 7.88. The molecule has 0 saturated heterocycles. The zero-order valence-corrected chi connectivity index (χ0v) is 21.6. The van der Waals surface area contributed by atoms with Crippen molar-refractivity contribution in [3.8, 4) is 0 Å². The summed E-state index contributed by atoms with van der Waals surface area (Å²) in [6.07, 6.45) is 1.08. The predicted molar refractivity (Wildman–Crippen MR) is 140 cm³/mol. The summed E-state index contributed by atoms with van der Waals surface area (Å²) in [4.78, 5) is 25.7. The van der Waals surface area contributed by atoms with Crippen molar-refractivity contribution in [2.24, 2.45) is 0 Å². The third-order valence-corrected chi connectivity index (χ3v) is 6.89. The lowest BCUT2D eigenvalue weighted by Gasteiger charge is -2.20. The van der Waals surface area contributed by atoms with Crippen LogP contribution in [0.15, 0.2) is 72.8 Å². The molecule has 0 spiro atoms. The van der Waals surface area contributed by atoms with Gasteiger partial charge in [-0.1, -0.05) is 87.0 Å². The van der Waals surface area contributed by atoms with Crippen LogP contribution in [-0.4, -0.2) is 37.2 Å². The fourth-order valence-electron chi connectivity index (χ4n) is 3.57. The predicted octanol–water partition coefficient (Wildman–Crippen LogP) is 4.92. The van der Waals surface area contributed by atoms with E-state index in [2.05, 4.69) is 26.1 Å². The van der Waals surface area contributed by atoms with Gasteiger partial charge in [0.25, 0.3) is 0 Å². The Balaban J connectivity index is 1.71. The van der Waals surface area contributed by atoms with E-state index < -0.39 is 15.9 Å². The molecule has 0 heterocycles. The van der Waals surface area contributed by atoms with Crippen LogP contribution in [-0.2, 0) is 26.8 Å². The molecule has 3 aromatic carbocycles. The maximum atomic E-state index is 13.0. The van der Waals surface area contributed by atoms with Gasteiger partial charge in [-0.3, -0.25) is 9.59 Å². The van der Waals surface area contributed by atoms with Gasteiger partial charge in [-0.05, 0) is 35.6 Å². The SMILES string of the molecule is Cc1ccc(CN(CC(=O)Nc2cccc(C(=O)c3ccc(C(C)(C)C)cc3)c2)S(C)(=O)=O)cc1. The highest BCUT2D eigenvalue weighted by Gasteiger charge is 2.21. The van der Waals surface area contributed by atoms with Crippen LogP contribution in [0, 0.1) is 6.92 Å². The molecule has 0 aliphatic rings. The number of nitrogens with zero attached hydrogens (tertiary/aromatic N) is 1. The molecule has 1 amide bonds. The standard InChI is InChI=1S/C28H32N2O4S/c1-20-9-11-21(12-10-20)18-30(35(5,33)34)19-26(31)29-25-8-6-7-23(17-25)27(32)22-13-15-24(16-14-22)28(2,3)4/h6-17H,18-19H2,1-5H3,(H,29,31). The van der Waals surface area contributed by atoms with E-state index in [1.807, 2.05) is 55.5 Å². The summed E-state index contributed by atoms with van der Waals surface area (Å²) in [6.45, 7) is 8.05. The number of nitrogens with one attached hydrogen (secondary N) is 1. The first-order valence-corrected chi connectivity index (χ1v) is 13.2. The number of aryl methyl sites for hydroxylation is 1. The Bertz CT molecular complexity index is 1310. The van der Waals surface area contributed by atoms with Gasteiger partial charge in [-0.2, -0.15) is 4.31 Å². The number of hydrogen-bond donors (Lipinski definition) is 1. The number of benzene rings is 3. The van der Waals surface area contributed by atoms with Gasteiger partial charge in [0.05, 0.1) is 12.8 Å². The van der Waals surface area contributed by atoms with Gasteiger partial charge in [0, 0.05) is 23.4 Å². The molecule has 0 aromatic heterocycles. The number of amides is 1. The van der Waals surface area contributed by atoms with E-state index in [1.54, 1.807) is 24.3 Å². The summed E-state index contributed by atoms with van der Waals surface area (Å²) in [5, 5.41) is 2.72. The van der Waals surface area contributed by atoms with E-state index in [4.69, 9.17) is 0 Å². The van der Waals surface area contributed by atoms with Crippen LogP contribution in [0.2, 0.25) is 0 Å². The summed E-state index contributed by atoms with van der Waals surface area (Å²) in [6, 6.07) is 21.6. The molecule has 6 nitrogen and oxygen atoms in total. The number of anilines is 1. The van der Waals surface area contributed by atoms with Crippen LogP contribution in [0.25, 0.3) is 0 Å². The van der Waals surface area contributed by atoms with E-state index in [9.17, 15) is 18.0 Å². The summed E-state index contributed by atoms with van der Waals surface area (Å²) in [5.41, 5.74) is 4.40. The molecule has 184 valence electrons. The monoisotopic (exact) mass is 492 g/mol. The van der Waals surface area contributed by atoms with Crippen molar-refractivity contribution in [3.05, 3.63) is 101 Å². The van der Waals surface area contributed by atoms with Gasteiger partial charge < -0.3 is 5.32 Å². The Kier molecular flexibility index (Phi) is 7.93. The smallest absolute Gasteiger partial charge is 0.239 e. The van der Waals surface area contributed by atoms with Gasteiger partial charge >= 0.3 is 0 Å². The van der Waals surface area contributed by atoms with Gasteiger partial charge in [-0.15, -0.1) is 0 Å². The molecule has 0 unspecified atom stereocenters. The average Bonchev–Trinajstić information content (AvgIpc) is 2.78. The van der Waals surface area contributed by atoms with Crippen LogP contribution in [0.5, 0.6) is 0 Å². The summed E-state index contributed by atoms with van der Waals surface area (Å²) in [5.74, 6) is -0.639. The lowest BCUT2D eigenvalue weighted by molar-refractivity contribution is -0.116. The fourth-order valence-corrected chi connectivity index (χ4v) is 4.31. The number of ketones is 1. The zero-order chi connectivity index (χ0) is 25.8. The first kappa shape index (κ1) is 26.3. The van der Waals surface area contributed by atoms with Gasteiger partial charge in [0.1, 0.15) is 0 Å². The van der Waals surface area contributed by atoms with Gasteiger partial charge in [0.15, 0.2) is 5.78 Å². The first-order chi connectivity index (χ1) is 16.3. The second-order valence-corrected chi connectivity index (χ2v) is 11.8. The molecule has 7 heteroatoms. The van der Waals surface area contributed by atoms with Crippen molar-refractivity contribution in [2.45, 2.75) is 39.7 Å². The Labute approximate surface area is 208 Å². The van der Waals surface area contributed by atoms with E-state index in [0.29, 0.717) is 16.8 Å².